The Kier molecular flexibility index (Phi) is 5.60. The SMILES string of the molecule is CCN(Cc1nccn1C)C(=O)C(C)Oc1ccc(F)cc1Cl. The Morgan fingerprint density at radius 2 is 2.26 bits per heavy atom. The number of carbonyl (C=O) groups is 1. The maximum absolute atomic E-state index is 13.1. The number of carbonyl (C=O) groups excluding carboxylic acids is 1. The van der Waals surface area contributed by atoms with Crippen LogP contribution >= 0.6 is 11.6 Å². The number of rotatable bonds is 6. The molecule has 0 bridgehead atoms. The molecule has 124 valence electrons. The number of aromatic nitrogens is 2. The lowest BCUT2D eigenvalue weighted by atomic mass is 10.3. The van der Waals surface area contributed by atoms with Gasteiger partial charge in [-0.05, 0) is 32.0 Å². The molecule has 0 aliphatic heterocycles. The number of ether oxygens (including phenoxy) is 1. The van der Waals surface area contributed by atoms with E-state index in [1.54, 1.807) is 18.0 Å². The number of nitrogens with zero attached hydrogens (tertiary/aromatic N) is 3. The van der Waals surface area contributed by atoms with Crippen LogP contribution in [0.2, 0.25) is 5.02 Å². The lowest BCUT2D eigenvalue weighted by Gasteiger charge is -2.24. The summed E-state index contributed by atoms with van der Waals surface area (Å²) in [5.74, 6) is 0.427. The van der Waals surface area contributed by atoms with Gasteiger partial charge in [-0.2, -0.15) is 0 Å². The van der Waals surface area contributed by atoms with E-state index in [1.807, 2.05) is 24.7 Å². The van der Waals surface area contributed by atoms with Crippen molar-refractivity contribution in [3.05, 3.63) is 47.3 Å². The quantitative estimate of drug-likeness (QED) is 0.812. The highest BCUT2D eigenvalue weighted by molar-refractivity contribution is 6.32. The minimum Gasteiger partial charge on any atom is -0.479 e. The molecule has 1 aromatic carbocycles. The van der Waals surface area contributed by atoms with Crippen LogP contribution in [0.15, 0.2) is 30.6 Å². The molecule has 1 heterocycles. The Morgan fingerprint density at radius 1 is 1.52 bits per heavy atom. The van der Waals surface area contributed by atoms with Crippen LogP contribution in [-0.4, -0.2) is 33.0 Å². The summed E-state index contributed by atoms with van der Waals surface area (Å²) in [5.41, 5.74) is 0. The molecule has 5 nitrogen and oxygen atoms in total. The smallest absolute Gasteiger partial charge is 0.263 e. The first-order valence-electron chi connectivity index (χ1n) is 7.29. The van der Waals surface area contributed by atoms with Crippen molar-refractivity contribution < 1.29 is 13.9 Å². The molecule has 0 N–H and O–H groups in total. The maximum Gasteiger partial charge on any atom is 0.263 e. The molecule has 1 aromatic heterocycles. The van der Waals surface area contributed by atoms with E-state index in [0.29, 0.717) is 13.1 Å². The minimum atomic E-state index is -0.738. The highest BCUT2D eigenvalue weighted by atomic mass is 35.5. The van der Waals surface area contributed by atoms with Gasteiger partial charge in [-0.15, -0.1) is 0 Å². The van der Waals surface area contributed by atoms with E-state index < -0.39 is 11.9 Å². The molecule has 1 atom stereocenters. The molecular weight excluding hydrogens is 321 g/mol. The molecule has 1 unspecified atom stereocenters. The largest absolute Gasteiger partial charge is 0.479 e. The molecule has 0 spiro atoms. The fraction of sp³-hybridized carbons (Fsp3) is 0.375. The van der Waals surface area contributed by atoms with E-state index in [1.165, 1.54) is 12.1 Å². The molecule has 0 saturated heterocycles. The summed E-state index contributed by atoms with van der Waals surface area (Å²) in [6, 6.07) is 3.81. The number of imidazole rings is 1. The number of benzene rings is 1. The van der Waals surface area contributed by atoms with Gasteiger partial charge in [-0.25, -0.2) is 9.37 Å². The van der Waals surface area contributed by atoms with E-state index >= 15 is 0 Å². The second-order valence-electron chi connectivity index (χ2n) is 5.14. The van der Waals surface area contributed by atoms with Crippen LogP contribution in [0.25, 0.3) is 0 Å². The lowest BCUT2D eigenvalue weighted by Crippen LogP contribution is -2.40. The summed E-state index contributed by atoms with van der Waals surface area (Å²) in [6.45, 7) is 4.45. The second kappa shape index (κ2) is 7.46. The van der Waals surface area contributed by atoms with Gasteiger partial charge in [0.2, 0.25) is 0 Å². The van der Waals surface area contributed by atoms with E-state index in [-0.39, 0.29) is 16.7 Å². The number of likely N-dealkylation sites (N-methyl/N-ethyl adjacent to an activating group) is 1. The first kappa shape index (κ1) is 17.3. The third-order valence-corrected chi connectivity index (χ3v) is 3.79. The van der Waals surface area contributed by atoms with Gasteiger partial charge in [0.05, 0.1) is 11.6 Å². The van der Waals surface area contributed by atoms with Crippen LogP contribution < -0.4 is 4.74 Å². The van der Waals surface area contributed by atoms with Gasteiger partial charge in [-0.1, -0.05) is 11.6 Å². The molecule has 0 aliphatic carbocycles. The Labute approximate surface area is 139 Å². The van der Waals surface area contributed by atoms with Gasteiger partial charge >= 0.3 is 0 Å². The van der Waals surface area contributed by atoms with Gasteiger partial charge in [0.25, 0.3) is 5.91 Å². The van der Waals surface area contributed by atoms with Crippen molar-refractivity contribution in [3.63, 3.8) is 0 Å². The van der Waals surface area contributed by atoms with Gasteiger partial charge in [0, 0.05) is 26.0 Å². The topological polar surface area (TPSA) is 47.4 Å². The van der Waals surface area contributed by atoms with E-state index in [4.69, 9.17) is 16.3 Å². The molecule has 7 heteroatoms. The Bertz CT molecular complexity index is 690. The zero-order valence-electron chi connectivity index (χ0n) is 13.3. The van der Waals surface area contributed by atoms with Crippen molar-refractivity contribution in [2.24, 2.45) is 7.05 Å². The van der Waals surface area contributed by atoms with Crippen molar-refractivity contribution in [2.45, 2.75) is 26.5 Å². The molecule has 23 heavy (non-hydrogen) atoms. The molecule has 0 fully saturated rings. The molecule has 0 saturated carbocycles. The monoisotopic (exact) mass is 339 g/mol. The van der Waals surface area contributed by atoms with Gasteiger partial charge in [0.1, 0.15) is 17.4 Å². The molecular formula is C16H19ClFN3O2. The van der Waals surface area contributed by atoms with Gasteiger partial charge in [0.15, 0.2) is 6.10 Å². The predicted molar refractivity (Wildman–Crippen MR) is 85.8 cm³/mol. The van der Waals surface area contributed by atoms with Crippen LogP contribution in [0.3, 0.4) is 0 Å². The highest BCUT2D eigenvalue weighted by Crippen LogP contribution is 2.26. The van der Waals surface area contributed by atoms with Crippen LogP contribution in [0.4, 0.5) is 4.39 Å². The lowest BCUT2D eigenvalue weighted by molar-refractivity contribution is -0.138. The van der Waals surface area contributed by atoms with E-state index in [9.17, 15) is 9.18 Å². The first-order valence-corrected chi connectivity index (χ1v) is 7.66. The summed E-state index contributed by atoms with van der Waals surface area (Å²) in [5, 5.41) is 0.136. The van der Waals surface area contributed by atoms with Crippen molar-refractivity contribution in [1.82, 2.24) is 14.5 Å². The maximum atomic E-state index is 13.1. The average Bonchev–Trinajstić information content (AvgIpc) is 2.92. The fourth-order valence-corrected chi connectivity index (χ4v) is 2.35. The van der Waals surface area contributed by atoms with Crippen LogP contribution in [0.5, 0.6) is 5.75 Å². The number of halogens is 2. The average molecular weight is 340 g/mol. The minimum absolute atomic E-state index is 0.136. The Balaban J connectivity index is 2.06. The van der Waals surface area contributed by atoms with E-state index in [0.717, 1.165) is 11.9 Å². The third kappa shape index (κ3) is 4.22. The van der Waals surface area contributed by atoms with Crippen LogP contribution in [0, 0.1) is 5.82 Å². The summed E-state index contributed by atoms with van der Waals surface area (Å²) in [4.78, 5) is 18.4. The first-order chi connectivity index (χ1) is 10.9. The number of aryl methyl sites for hydroxylation is 1. The Morgan fingerprint density at radius 3 is 2.83 bits per heavy atom. The highest BCUT2D eigenvalue weighted by Gasteiger charge is 2.23. The van der Waals surface area contributed by atoms with Crippen LogP contribution in [-0.2, 0) is 18.4 Å². The van der Waals surface area contributed by atoms with Crippen molar-refractivity contribution >= 4 is 17.5 Å². The number of hydrogen-bond acceptors (Lipinski definition) is 3. The normalized spacial score (nSPS) is 12.0. The third-order valence-electron chi connectivity index (χ3n) is 3.49. The van der Waals surface area contributed by atoms with Crippen LogP contribution in [0.1, 0.15) is 19.7 Å². The van der Waals surface area contributed by atoms with Gasteiger partial charge in [-0.3, -0.25) is 4.79 Å². The van der Waals surface area contributed by atoms with Crippen molar-refractivity contribution in [2.75, 3.05) is 6.54 Å². The van der Waals surface area contributed by atoms with Crippen molar-refractivity contribution in [3.8, 4) is 5.75 Å². The van der Waals surface area contributed by atoms with Gasteiger partial charge < -0.3 is 14.2 Å². The summed E-state index contributed by atoms with van der Waals surface area (Å²) < 4.78 is 20.5. The predicted octanol–water partition coefficient (Wildman–Crippen LogP) is 3.03. The number of amides is 1. The molecule has 2 rings (SSSR count). The summed E-state index contributed by atoms with van der Waals surface area (Å²) in [6.07, 6.45) is 2.77. The van der Waals surface area contributed by atoms with Crippen molar-refractivity contribution in [1.29, 1.82) is 0 Å². The summed E-state index contributed by atoms with van der Waals surface area (Å²) in [7, 11) is 1.87. The molecule has 2 aromatic rings. The standard InChI is InChI=1S/C16H19ClFN3O2/c1-4-21(10-15-19-7-8-20(15)3)16(22)11(2)23-14-6-5-12(18)9-13(14)17/h5-9,11H,4,10H2,1-3H3. The summed E-state index contributed by atoms with van der Waals surface area (Å²) >= 11 is 5.92. The van der Waals surface area contributed by atoms with E-state index in [2.05, 4.69) is 4.98 Å². The number of hydrogen-bond donors (Lipinski definition) is 0. The molecule has 0 radical (unpaired) electrons. The molecule has 0 aliphatic rings. The second-order valence-corrected chi connectivity index (χ2v) is 5.55. The zero-order chi connectivity index (χ0) is 17.0. The zero-order valence-corrected chi connectivity index (χ0v) is 14.0. The Hall–Kier alpha value is -2.08. The fourth-order valence-electron chi connectivity index (χ4n) is 2.13. The molecule has 1 amide bonds.